The highest BCUT2D eigenvalue weighted by atomic mass is 32.2. The standard InChI is InChI=1S/C13H19FN2OS/c1-10(6-7-15)18-9-13(17)16-8-11-2-4-12(14)5-3-11/h2-5,10H,6-9,15H2,1H3,(H,16,17). The number of thioether (sulfide) groups is 1. The highest BCUT2D eigenvalue weighted by molar-refractivity contribution is 8.00. The molecule has 1 rings (SSSR count). The van der Waals surface area contributed by atoms with Crippen molar-refractivity contribution in [1.82, 2.24) is 5.32 Å². The Hall–Kier alpha value is -1.07. The SMILES string of the molecule is CC(CCN)SCC(=O)NCc1ccc(F)cc1. The molecule has 0 aromatic heterocycles. The molecule has 0 saturated carbocycles. The number of benzene rings is 1. The third-order valence-electron chi connectivity index (χ3n) is 2.48. The molecule has 0 saturated heterocycles. The van der Waals surface area contributed by atoms with Crippen LogP contribution in [0.5, 0.6) is 0 Å². The molecule has 1 atom stereocenters. The molecule has 1 aromatic carbocycles. The third kappa shape index (κ3) is 6.02. The number of hydrogen-bond donors (Lipinski definition) is 2. The van der Waals surface area contributed by atoms with Gasteiger partial charge in [-0.3, -0.25) is 4.79 Å². The third-order valence-corrected chi connectivity index (χ3v) is 3.71. The zero-order valence-electron chi connectivity index (χ0n) is 10.5. The predicted octanol–water partition coefficient (Wildman–Crippen LogP) is 1.91. The average Bonchev–Trinajstić information content (AvgIpc) is 2.36. The normalized spacial score (nSPS) is 12.2. The minimum absolute atomic E-state index is 0.00630. The average molecular weight is 270 g/mol. The van der Waals surface area contributed by atoms with Crippen LogP contribution in [0, 0.1) is 5.82 Å². The van der Waals surface area contributed by atoms with E-state index in [4.69, 9.17) is 5.73 Å². The fourth-order valence-electron chi connectivity index (χ4n) is 1.39. The van der Waals surface area contributed by atoms with Gasteiger partial charge < -0.3 is 11.1 Å². The molecule has 0 bridgehead atoms. The number of nitrogens with two attached hydrogens (primary N) is 1. The van der Waals surface area contributed by atoms with Gasteiger partial charge in [0.25, 0.3) is 0 Å². The molecule has 0 heterocycles. The minimum Gasteiger partial charge on any atom is -0.351 e. The first-order valence-electron chi connectivity index (χ1n) is 5.94. The molecule has 3 N–H and O–H groups in total. The summed E-state index contributed by atoms with van der Waals surface area (Å²) in [5, 5.41) is 3.20. The van der Waals surface area contributed by atoms with Gasteiger partial charge in [0.05, 0.1) is 5.75 Å². The van der Waals surface area contributed by atoms with E-state index < -0.39 is 0 Å². The number of hydrogen-bond acceptors (Lipinski definition) is 3. The topological polar surface area (TPSA) is 55.1 Å². The van der Waals surface area contributed by atoms with Gasteiger partial charge in [-0.1, -0.05) is 19.1 Å². The van der Waals surface area contributed by atoms with Crippen LogP contribution in [0.2, 0.25) is 0 Å². The van der Waals surface area contributed by atoms with Gasteiger partial charge in [-0.05, 0) is 30.7 Å². The molecule has 0 radical (unpaired) electrons. The number of rotatable bonds is 7. The van der Waals surface area contributed by atoms with Crippen LogP contribution in [-0.2, 0) is 11.3 Å². The van der Waals surface area contributed by atoms with Crippen molar-refractivity contribution in [2.45, 2.75) is 25.1 Å². The molecule has 0 aliphatic rings. The van der Waals surface area contributed by atoms with Crippen LogP contribution in [0.4, 0.5) is 4.39 Å². The van der Waals surface area contributed by atoms with Gasteiger partial charge in [0, 0.05) is 11.8 Å². The molecule has 0 aliphatic carbocycles. The van der Waals surface area contributed by atoms with E-state index in [0.29, 0.717) is 24.1 Å². The Kier molecular flexibility index (Phi) is 6.75. The molecule has 1 amide bonds. The summed E-state index contributed by atoms with van der Waals surface area (Å²) in [6, 6.07) is 6.11. The van der Waals surface area contributed by atoms with Gasteiger partial charge >= 0.3 is 0 Å². The first kappa shape index (κ1) is 15.0. The maximum Gasteiger partial charge on any atom is 0.230 e. The van der Waals surface area contributed by atoms with Crippen molar-refractivity contribution in [1.29, 1.82) is 0 Å². The summed E-state index contributed by atoms with van der Waals surface area (Å²) >= 11 is 1.59. The molecular weight excluding hydrogens is 251 g/mol. The molecule has 18 heavy (non-hydrogen) atoms. The van der Waals surface area contributed by atoms with Gasteiger partial charge in [-0.15, -0.1) is 11.8 Å². The van der Waals surface area contributed by atoms with E-state index >= 15 is 0 Å². The number of nitrogens with one attached hydrogen (secondary N) is 1. The van der Waals surface area contributed by atoms with Crippen molar-refractivity contribution in [3.8, 4) is 0 Å². The lowest BCUT2D eigenvalue weighted by molar-refractivity contribution is -0.118. The molecule has 1 unspecified atom stereocenters. The number of carbonyl (C=O) groups is 1. The quantitative estimate of drug-likeness (QED) is 0.796. The smallest absolute Gasteiger partial charge is 0.230 e. The van der Waals surface area contributed by atoms with Gasteiger partial charge in [0.2, 0.25) is 5.91 Å². The zero-order valence-corrected chi connectivity index (χ0v) is 11.3. The second-order valence-electron chi connectivity index (χ2n) is 4.10. The molecule has 0 aliphatic heterocycles. The van der Waals surface area contributed by atoms with Gasteiger partial charge in [0.15, 0.2) is 0 Å². The van der Waals surface area contributed by atoms with E-state index in [-0.39, 0.29) is 11.7 Å². The Labute approximate surface area is 111 Å². The van der Waals surface area contributed by atoms with E-state index in [9.17, 15) is 9.18 Å². The Morgan fingerprint density at radius 2 is 2.11 bits per heavy atom. The zero-order chi connectivity index (χ0) is 13.4. The fraction of sp³-hybridized carbons (Fsp3) is 0.462. The monoisotopic (exact) mass is 270 g/mol. The first-order chi connectivity index (χ1) is 8.61. The summed E-state index contributed by atoms with van der Waals surface area (Å²) in [5.74, 6) is 0.159. The van der Waals surface area contributed by atoms with Crippen LogP contribution in [-0.4, -0.2) is 23.5 Å². The molecule has 5 heteroatoms. The highest BCUT2D eigenvalue weighted by Gasteiger charge is 2.06. The number of amides is 1. The van der Waals surface area contributed by atoms with Gasteiger partial charge in [-0.25, -0.2) is 4.39 Å². The van der Waals surface area contributed by atoms with E-state index in [1.165, 1.54) is 12.1 Å². The summed E-state index contributed by atoms with van der Waals surface area (Å²) < 4.78 is 12.7. The number of carbonyl (C=O) groups excluding carboxylic acids is 1. The van der Waals surface area contributed by atoms with Crippen molar-refractivity contribution in [2.24, 2.45) is 5.73 Å². The lowest BCUT2D eigenvalue weighted by atomic mass is 10.2. The summed E-state index contributed by atoms with van der Waals surface area (Å²) in [6.07, 6.45) is 0.913. The van der Waals surface area contributed by atoms with Crippen molar-refractivity contribution in [3.05, 3.63) is 35.6 Å². The Morgan fingerprint density at radius 3 is 2.72 bits per heavy atom. The largest absolute Gasteiger partial charge is 0.351 e. The van der Waals surface area contributed by atoms with Crippen molar-refractivity contribution in [2.75, 3.05) is 12.3 Å². The summed E-state index contributed by atoms with van der Waals surface area (Å²) in [4.78, 5) is 11.6. The van der Waals surface area contributed by atoms with Crippen LogP contribution >= 0.6 is 11.8 Å². The van der Waals surface area contributed by atoms with E-state index in [2.05, 4.69) is 12.2 Å². The Bertz CT molecular complexity index is 370. The van der Waals surface area contributed by atoms with Crippen LogP contribution in [0.3, 0.4) is 0 Å². The Morgan fingerprint density at radius 1 is 1.44 bits per heavy atom. The van der Waals surface area contributed by atoms with Gasteiger partial charge in [-0.2, -0.15) is 0 Å². The second-order valence-corrected chi connectivity index (χ2v) is 5.53. The van der Waals surface area contributed by atoms with E-state index in [0.717, 1.165) is 12.0 Å². The van der Waals surface area contributed by atoms with Crippen molar-refractivity contribution >= 4 is 17.7 Å². The minimum atomic E-state index is -0.267. The lowest BCUT2D eigenvalue weighted by Crippen LogP contribution is -2.25. The van der Waals surface area contributed by atoms with Crippen LogP contribution in [0.15, 0.2) is 24.3 Å². The molecule has 0 fully saturated rings. The fourth-order valence-corrected chi connectivity index (χ4v) is 2.23. The van der Waals surface area contributed by atoms with Gasteiger partial charge in [0.1, 0.15) is 5.82 Å². The van der Waals surface area contributed by atoms with E-state index in [1.807, 2.05) is 0 Å². The summed E-state index contributed by atoms with van der Waals surface area (Å²) in [6.45, 7) is 3.14. The second kappa shape index (κ2) is 8.11. The van der Waals surface area contributed by atoms with Crippen LogP contribution < -0.4 is 11.1 Å². The Balaban J connectivity index is 2.22. The highest BCUT2D eigenvalue weighted by Crippen LogP contribution is 2.12. The first-order valence-corrected chi connectivity index (χ1v) is 6.99. The summed E-state index contributed by atoms with van der Waals surface area (Å²) in [7, 11) is 0. The molecule has 0 spiro atoms. The maximum atomic E-state index is 12.7. The number of halogens is 1. The molecule has 100 valence electrons. The lowest BCUT2D eigenvalue weighted by Gasteiger charge is -2.09. The van der Waals surface area contributed by atoms with Crippen molar-refractivity contribution in [3.63, 3.8) is 0 Å². The maximum absolute atomic E-state index is 12.7. The van der Waals surface area contributed by atoms with Crippen molar-refractivity contribution < 1.29 is 9.18 Å². The molecular formula is C13H19FN2OS. The molecule has 1 aromatic rings. The van der Waals surface area contributed by atoms with Crippen LogP contribution in [0.25, 0.3) is 0 Å². The summed E-state index contributed by atoms with van der Waals surface area (Å²) in [5.41, 5.74) is 6.33. The van der Waals surface area contributed by atoms with E-state index in [1.54, 1.807) is 23.9 Å². The predicted molar refractivity (Wildman–Crippen MR) is 73.8 cm³/mol. The van der Waals surface area contributed by atoms with Crippen LogP contribution in [0.1, 0.15) is 18.9 Å². The molecule has 3 nitrogen and oxygen atoms in total.